The van der Waals surface area contributed by atoms with Crippen LogP contribution in [0.5, 0.6) is 0 Å². The molecular weight excluding hydrogens is 244 g/mol. The molecule has 3 nitrogen and oxygen atoms in total. The van der Waals surface area contributed by atoms with Gasteiger partial charge in [-0.25, -0.2) is 5.10 Å². The maximum atomic E-state index is 10.2. The smallest absolute Gasteiger partial charge is 0.158 e. The van der Waals surface area contributed by atoms with Crippen LogP contribution < -0.4 is 0 Å². The number of carbonyl (C=O) groups is 1. The van der Waals surface area contributed by atoms with Crippen LogP contribution >= 0.6 is 0 Å². The minimum atomic E-state index is -1.36. The first-order chi connectivity index (χ1) is 7.69. The van der Waals surface area contributed by atoms with Crippen LogP contribution in [0.25, 0.3) is 0 Å². The maximum Gasteiger partial charge on any atom is 0.158 e. The molecule has 0 atom stereocenters. The molecule has 0 radical (unpaired) electrons. The first-order valence-electron chi connectivity index (χ1n) is 6.46. The number of carbonyl (C=O) groups excluding carboxylic acids is 1. The second-order valence-electron chi connectivity index (χ2n) is 6.40. The lowest BCUT2D eigenvalue weighted by atomic mass is 10.2. The molecule has 17 heavy (non-hydrogen) atoms. The van der Waals surface area contributed by atoms with Gasteiger partial charge in [0.25, 0.3) is 0 Å². The summed E-state index contributed by atoms with van der Waals surface area (Å²) in [6, 6.07) is 0. The van der Waals surface area contributed by atoms with Crippen molar-refractivity contribution in [3.63, 3.8) is 0 Å². The minimum absolute atomic E-state index is 0.680. The number of aldehydes is 1. The Morgan fingerprint density at radius 3 is 1.82 bits per heavy atom. The van der Waals surface area contributed by atoms with E-state index in [0.29, 0.717) is 6.42 Å². The summed E-state index contributed by atoms with van der Waals surface area (Å²) in [5, 5.41) is 4.71. The van der Waals surface area contributed by atoms with Crippen molar-refractivity contribution in [3.05, 3.63) is 0 Å². The summed E-state index contributed by atoms with van der Waals surface area (Å²) < 4.78 is 2.42. The van der Waals surface area contributed by atoms with Gasteiger partial charge in [-0.3, -0.25) is 0 Å². The Bertz CT molecular complexity index is 240. The third-order valence-corrected chi connectivity index (χ3v) is 9.17. The molecule has 0 aromatic carbocycles. The number of hydrogen-bond acceptors (Lipinski definition) is 3. The van der Waals surface area contributed by atoms with E-state index in [9.17, 15) is 4.79 Å². The van der Waals surface area contributed by atoms with Crippen LogP contribution in [-0.4, -0.2) is 33.3 Å². The highest BCUT2D eigenvalue weighted by Gasteiger charge is 2.33. The Kier molecular flexibility index (Phi) is 6.93. The molecule has 0 fully saturated rings. The number of hydrazone groups is 1. The molecule has 0 unspecified atom stereocenters. The van der Waals surface area contributed by atoms with Crippen molar-refractivity contribution in [2.45, 2.75) is 65.0 Å². The lowest BCUT2D eigenvalue weighted by molar-refractivity contribution is -0.107. The molecule has 0 rings (SSSR count). The average Bonchev–Trinajstić information content (AvgIpc) is 2.12. The van der Waals surface area contributed by atoms with Crippen LogP contribution in [0.1, 0.15) is 25.7 Å². The third-order valence-electron chi connectivity index (χ3n) is 2.37. The van der Waals surface area contributed by atoms with Crippen molar-refractivity contribution in [2.24, 2.45) is 5.10 Å². The molecule has 100 valence electrons. The number of nitrogens with zero attached hydrogens (tertiary/aromatic N) is 2. The molecule has 5 heteroatoms. The molecule has 0 aliphatic rings. The normalized spacial score (nSPS) is 13.1. The molecule has 0 saturated heterocycles. The third kappa shape index (κ3) is 7.49. The highest BCUT2D eigenvalue weighted by atomic mass is 28.4. The van der Waals surface area contributed by atoms with E-state index in [1.54, 1.807) is 0 Å². The molecule has 0 aliphatic heterocycles. The second-order valence-corrected chi connectivity index (χ2v) is 16.4. The predicted octanol–water partition coefficient (Wildman–Crippen LogP) is 3.70. The van der Waals surface area contributed by atoms with Crippen molar-refractivity contribution >= 4 is 29.0 Å². The summed E-state index contributed by atoms with van der Waals surface area (Å²) in [7, 11) is -2.71. The second kappa shape index (κ2) is 7.11. The summed E-state index contributed by atoms with van der Waals surface area (Å²) >= 11 is 0. The summed E-state index contributed by atoms with van der Waals surface area (Å²) in [4.78, 5) is 10.2. The molecule has 0 bridgehead atoms. The summed E-state index contributed by atoms with van der Waals surface area (Å²) in [5.41, 5.74) is 0. The molecule has 0 saturated carbocycles. The van der Waals surface area contributed by atoms with Crippen LogP contribution in [0, 0.1) is 0 Å². The van der Waals surface area contributed by atoms with E-state index in [1.807, 2.05) is 6.21 Å². The van der Waals surface area contributed by atoms with Gasteiger partial charge in [-0.2, -0.15) is 0 Å². The Balaban J connectivity index is 4.27. The van der Waals surface area contributed by atoms with Gasteiger partial charge in [0.1, 0.15) is 6.29 Å². The summed E-state index contributed by atoms with van der Waals surface area (Å²) in [5.74, 6) is 0. The van der Waals surface area contributed by atoms with Crippen molar-refractivity contribution in [2.75, 3.05) is 0 Å². The van der Waals surface area contributed by atoms with Crippen molar-refractivity contribution < 1.29 is 4.79 Å². The van der Waals surface area contributed by atoms with Crippen LogP contribution in [0.3, 0.4) is 0 Å². The summed E-state index contributed by atoms with van der Waals surface area (Å²) in [6.45, 7) is 14.1. The van der Waals surface area contributed by atoms with Crippen molar-refractivity contribution in [3.8, 4) is 0 Å². The molecule has 0 amide bonds. The highest BCUT2D eigenvalue weighted by Crippen LogP contribution is 2.19. The standard InChI is InChI=1S/C12H28N2OSi2/c1-16(2,3)14(17(4,5)6)13-11-9-7-8-10-12-15/h11-12H,7-10H2,1-6H3. The van der Waals surface area contributed by atoms with E-state index in [-0.39, 0.29) is 0 Å². The predicted molar refractivity (Wildman–Crippen MR) is 81.6 cm³/mol. The SMILES string of the molecule is C[Si](C)(C)N(N=CCCCCC=O)[Si](C)(C)C. The van der Waals surface area contributed by atoms with Crippen LogP contribution in [0.2, 0.25) is 39.3 Å². The van der Waals surface area contributed by atoms with E-state index in [1.165, 1.54) is 0 Å². The first kappa shape index (κ1) is 16.6. The molecule has 0 heterocycles. The average molecular weight is 273 g/mol. The Hall–Kier alpha value is -0.426. The zero-order chi connectivity index (χ0) is 13.5. The van der Waals surface area contributed by atoms with E-state index in [2.05, 4.69) is 43.6 Å². The quantitative estimate of drug-likeness (QED) is 0.222. The van der Waals surface area contributed by atoms with Gasteiger partial charge < -0.3 is 9.13 Å². The first-order valence-corrected chi connectivity index (χ1v) is 13.4. The lowest BCUT2D eigenvalue weighted by Crippen LogP contribution is -2.55. The largest absolute Gasteiger partial charge is 0.350 e. The van der Waals surface area contributed by atoms with Crippen LogP contribution in [0.15, 0.2) is 5.10 Å². The molecule has 0 spiro atoms. The van der Waals surface area contributed by atoms with Gasteiger partial charge in [0.05, 0.1) is 0 Å². The van der Waals surface area contributed by atoms with Gasteiger partial charge in [-0.1, -0.05) is 39.3 Å². The molecule has 0 aromatic heterocycles. The van der Waals surface area contributed by atoms with Crippen LogP contribution in [-0.2, 0) is 4.79 Å². The van der Waals surface area contributed by atoms with Gasteiger partial charge in [0.15, 0.2) is 16.5 Å². The van der Waals surface area contributed by atoms with E-state index in [0.717, 1.165) is 25.5 Å². The number of unbranched alkanes of at least 4 members (excludes halogenated alkanes) is 3. The van der Waals surface area contributed by atoms with Gasteiger partial charge in [0, 0.05) is 12.6 Å². The van der Waals surface area contributed by atoms with Gasteiger partial charge >= 0.3 is 0 Å². The molecule has 0 N–H and O–H groups in total. The van der Waals surface area contributed by atoms with E-state index < -0.39 is 16.5 Å². The monoisotopic (exact) mass is 272 g/mol. The van der Waals surface area contributed by atoms with E-state index >= 15 is 0 Å². The fraction of sp³-hybridized carbons (Fsp3) is 0.833. The molecule has 0 aliphatic carbocycles. The zero-order valence-electron chi connectivity index (χ0n) is 12.3. The molecular formula is C12H28N2OSi2. The van der Waals surface area contributed by atoms with Gasteiger partial charge in [0.2, 0.25) is 0 Å². The maximum absolute atomic E-state index is 10.2. The Morgan fingerprint density at radius 2 is 1.41 bits per heavy atom. The lowest BCUT2D eigenvalue weighted by Gasteiger charge is -2.41. The van der Waals surface area contributed by atoms with Crippen molar-refractivity contribution in [1.82, 2.24) is 4.34 Å². The fourth-order valence-corrected chi connectivity index (χ4v) is 10.9. The number of hydrogen-bond donors (Lipinski definition) is 0. The molecule has 0 aromatic rings. The summed E-state index contributed by atoms with van der Waals surface area (Å²) in [6.07, 6.45) is 6.75. The van der Waals surface area contributed by atoms with Gasteiger partial charge in [-0.05, 0) is 19.3 Å². The fourth-order valence-electron chi connectivity index (χ4n) is 1.96. The number of rotatable bonds is 8. The van der Waals surface area contributed by atoms with Gasteiger partial charge in [-0.15, -0.1) is 0 Å². The minimum Gasteiger partial charge on any atom is -0.350 e. The topological polar surface area (TPSA) is 32.7 Å². The zero-order valence-corrected chi connectivity index (χ0v) is 14.3. The van der Waals surface area contributed by atoms with Crippen molar-refractivity contribution in [1.29, 1.82) is 0 Å². The Morgan fingerprint density at radius 1 is 0.941 bits per heavy atom. The Labute approximate surface area is 108 Å². The highest BCUT2D eigenvalue weighted by molar-refractivity contribution is 6.89. The van der Waals surface area contributed by atoms with Crippen LogP contribution in [0.4, 0.5) is 0 Å². The van der Waals surface area contributed by atoms with E-state index in [4.69, 9.17) is 5.10 Å².